The Labute approximate surface area is 125 Å². The van der Waals surface area contributed by atoms with E-state index in [0.29, 0.717) is 19.5 Å². The Morgan fingerprint density at radius 2 is 2.00 bits per heavy atom. The van der Waals surface area contributed by atoms with E-state index in [-0.39, 0.29) is 10.5 Å². The van der Waals surface area contributed by atoms with E-state index >= 15 is 0 Å². The van der Waals surface area contributed by atoms with E-state index in [1.807, 2.05) is 0 Å². The molecule has 0 radical (unpaired) electrons. The predicted molar refractivity (Wildman–Crippen MR) is 76.4 cm³/mol. The summed E-state index contributed by atoms with van der Waals surface area (Å²) in [5.41, 5.74) is 5.07. The molecule has 3 nitrogen and oxygen atoms in total. The molecule has 1 heterocycles. The highest BCUT2D eigenvalue weighted by Gasteiger charge is 2.30. The van der Waals surface area contributed by atoms with Gasteiger partial charge in [0.05, 0.1) is 0 Å². The van der Waals surface area contributed by atoms with Crippen molar-refractivity contribution in [2.45, 2.75) is 31.7 Å². The van der Waals surface area contributed by atoms with Crippen LogP contribution in [0.25, 0.3) is 0 Å². The molecule has 1 unspecified atom stereocenters. The number of carbonyl (C=O) groups is 1. The summed E-state index contributed by atoms with van der Waals surface area (Å²) >= 11 is 3.01. The van der Waals surface area contributed by atoms with Crippen molar-refractivity contribution in [3.63, 3.8) is 0 Å². The monoisotopic (exact) mass is 346 g/mol. The van der Waals surface area contributed by atoms with Gasteiger partial charge < -0.3 is 10.6 Å². The maximum Gasteiger partial charge on any atom is 0.260 e. The Morgan fingerprint density at radius 1 is 1.35 bits per heavy atom. The van der Waals surface area contributed by atoms with Crippen molar-refractivity contribution in [2.24, 2.45) is 5.73 Å². The van der Waals surface area contributed by atoms with Crippen molar-refractivity contribution in [1.29, 1.82) is 0 Å². The van der Waals surface area contributed by atoms with Gasteiger partial charge in [-0.1, -0.05) is 15.9 Å². The molecule has 0 saturated carbocycles. The minimum absolute atomic E-state index is 0.0244. The number of halogens is 3. The number of rotatable bonds is 3. The molecule has 0 bridgehead atoms. The molecule has 6 heteroatoms. The van der Waals surface area contributed by atoms with Gasteiger partial charge in [-0.05, 0) is 44.4 Å². The Balaban J connectivity index is 2.30. The van der Waals surface area contributed by atoms with Crippen LogP contribution in [0.3, 0.4) is 0 Å². The van der Waals surface area contributed by atoms with Gasteiger partial charge in [-0.15, -0.1) is 0 Å². The maximum atomic E-state index is 13.9. The van der Waals surface area contributed by atoms with Crippen LogP contribution in [0, 0.1) is 11.6 Å². The Morgan fingerprint density at radius 3 is 2.60 bits per heavy atom. The number of nitrogens with two attached hydrogens (primary N) is 1. The molecule has 1 saturated heterocycles. The van der Waals surface area contributed by atoms with Gasteiger partial charge in [0.1, 0.15) is 17.2 Å². The first kappa shape index (κ1) is 15.4. The second kappa shape index (κ2) is 6.63. The average Bonchev–Trinajstić information content (AvgIpc) is 2.38. The van der Waals surface area contributed by atoms with Crippen molar-refractivity contribution in [1.82, 2.24) is 4.90 Å². The molecule has 2 N–H and O–H groups in total. The Bertz CT molecular complexity index is 485. The third-order valence-electron chi connectivity index (χ3n) is 3.61. The molecule has 1 amide bonds. The van der Waals surface area contributed by atoms with Crippen LogP contribution in [0.2, 0.25) is 0 Å². The largest absolute Gasteiger partial charge is 0.335 e. The number of hydrogen-bond donors (Lipinski definition) is 1. The molecule has 20 heavy (non-hydrogen) atoms. The summed E-state index contributed by atoms with van der Waals surface area (Å²) in [6, 6.07) is 2.19. The van der Waals surface area contributed by atoms with Gasteiger partial charge in [0.25, 0.3) is 5.91 Å². The summed E-state index contributed by atoms with van der Waals surface area (Å²) in [5.74, 6) is -2.25. The van der Waals surface area contributed by atoms with Gasteiger partial charge >= 0.3 is 0 Å². The number of piperidine rings is 1. The van der Waals surface area contributed by atoms with Crippen LogP contribution in [-0.4, -0.2) is 29.9 Å². The van der Waals surface area contributed by atoms with E-state index < -0.39 is 23.1 Å². The molecule has 1 aliphatic rings. The fraction of sp³-hybridized carbons (Fsp3) is 0.500. The summed E-state index contributed by atoms with van der Waals surface area (Å²) < 4.78 is 28.1. The highest BCUT2D eigenvalue weighted by Crippen LogP contribution is 2.25. The molecule has 1 aliphatic heterocycles. The maximum absolute atomic E-state index is 13.9. The lowest BCUT2D eigenvalue weighted by Gasteiger charge is -2.35. The zero-order valence-corrected chi connectivity index (χ0v) is 12.6. The number of hydrogen-bond acceptors (Lipinski definition) is 2. The summed E-state index contributed by atoms with van der Waals surface area (Å²) in [4.78, 5) is 14.0. The van der Waals surface area contributed by atoms with Gasteiger partial charge in [-0.2, -0.15) is 0 Å². The van der Waals surface area contributed by atoms with Crippen LogP contribution >= 0.6 is 15.9 Å². The van der Waals surface area contributed by atoms with Gasteiger partial charge in [0.15, 0.2) is 0 Å². The molecule has 1 aromatic carbocycles. The van der Waals surface area contributed by atoms with Gasteiger partial charge in [-0.3, -0.25) is 4.79 Å². The first-order chi connectivity index (χ1) is 9.54. The van der Waals surface area contributed by atoms with E-state index in [4.69, 9.17) is 5.73 Å². The lowest BCUT2D eigenvalue weighted by Crippen LogP contribution is -2.45. The SMILES string of the molecule is NCCC1CCCCN1C(=O)c1c(F)cc(Br)cc1F. The van der Waals surface area contributed by atoms with Crippen molar-refractivity contribution < 1.29 is 13.6 Å². The minimum Gasteiger partial charge on any atom is -0.335 e. The lowest BCUT2D eigenvalue weighted by atomic mass is 9.98. The number of likely N-dealkylation sites (tertiary alicyclic amines) is 1. The second-order valence-corrected chi connectivity index (χ2v) is 5.89. The molecule has 0 aromatic heterocycles. The topological polar surface area (TPSA) is 46.3 Å². The summed E-state index contributed by atoms with van der Waals surface area (Å²) in [6.07, 6.45) is 3.36. The van der Waals surface area contributed by atoms with Crippen molar-refractivity contribution in [2.75, 3.05) is 13.1 Å². The summed E-state index contributed by atoms with van der Waals surface area (Å²) in [6.45, 7) is 0.984. The van der Waals surface area contributed by atoms with Crippen molar-refractivity contribution in [3.05, 3.63) is 33.8 Å². The fourth-order valence-electron chi connectivity index (χ4n) is 2.65. The third kappa shape index (κ3) is 3.17. The minimum atomic E-state index is -0.834. The molecule has 110 valence electrons. The summed E-state index contributed by atoms with van der Waals surface area (Å²) in [7, 11) is 0. The first-order valence-corrected chi connectivity index (χ1v) is 7.49. The summed E-state index contributed by atoms with van der Waals surface area (Å²) in [5, 5.41) is 0. The van der Waals surface area contributed by atoms with Crippen molar-refractivity contribution in [3.8, 4) is 0 Å². The van der Waals surface area contributed by atoms with E-state index in [0.717, 1.165) is 31.4 Å². The third-order valence-corrected chi connectivity index (χ3v) is 4.07. The second-order valence-electron chi connectivity index (χ2n) is 4.97. The number of benzene rings is 1. The molecule has 2 rings (SSSR count). The lowest BCUT2D eigenvalue weighted by molar-refractivity contribution is 0.0595. The first-order valence-electron chi connectivity index (χ1n) is 6.70. The molecule has 1 atom stereocenters. The molecular weight excluding hydrogens is 330 g/mol. The molecule has 0 aliphatic carbocycles. The number of nitrogens with zero attached hydrogens (tertiary/aromatic N) is 1. The fourth-order valence-corrected chi connectivity index (χ4v) is 3.05. The molecule has 1 aromatic rings. The van der Waals surface area contributed by atoms with Crippen LogP contribution in [-0.2, 0) is 0 Å². The van der Waals surface area contributed by atoms with Crippen LogP contribution in [0.4, 0.5) is 8.78 Å². The zero-order chi connectivity index (χ0) is 14.7. The van der Waals surface area contributed by atoms with Crippen LogP contribution in [0.1, 0.15) is 36.0 Å². The smallest absolute Gasteiger partial charge is 0.260 e. The Kier molecular flexibility index (Phi) is 5.10. The van der Waals surface area contributed by atoms with Crippen LogP contribution in [0.5, 0.6) is 0 Å². The van der Waals surface area contributed by atoms with Gasteiger partial charge in [0, 0.05) is 17.1 Å². The highest BCUT2D eigenvalue weighted by atomic mass is 79.9. The zero-order valence-electron chi connectivity index (χ0n) is 11.0. The number of amides is 1. The van der Waals surface area contributed by atoms with E-state index in [1.54, 1.807) is 4.90 Å². The molecule has 0 spiro atoms. The molecular formula is C14H17BrF2N2O. The van der Waals surface area contributed by atoms with E-state index in [9.17, 15) is 13.6 Å². The molecule has 1 fully saturated rings. The quantitative estimate of drug-likeness (QED) is 0.914. The number of carbonyl (C=O) groups excluding carboxylic acids is 1. The van der Waals surface area contributed by atoms with Crippen LogP contribution < -0.4 is 5.73 Å². The average molecular weight is 347 g/mol. The van der Waals surface area contributed by atoms with E-state index in [2.05, 4.69) is 15.9 Å². The highest BCUT2D eigenvalue weighted by molar-refractivity contribution is 9.10. The Hall–Kier alpha value is -1.01. The van der Waals surface area contributed by atoms with Crippen molar-refractivity contribution >= 4 is 21.8 Å². The van der Waals surface area contributed by atoms with Crippen LogP contribution in [0.15, 0.2) is 16.6 Å². The normalized spacial score (nSPS) is 19.2. The van der Waals surface area contributed by atoms with Gasteiger partial charge in [0.2, 0.25) is 0 Å². The standard InChI is InChI=1S/C14H17BrF2N2O/c15-9-7-11(16)13(12(17)8-9)14(20)19-6-2-1-3-10(19)4-5-18/h7-8,10H,1-6,18H2. The van der Waals surface area contributed by atoms with E-state index in [1.165, 1.54) is 0 Å². The predicted octanol–water partition coefficient (Wildman–Crippen LogP) is 3.07. The van der Waals surface area contributed by atoms with Gasteiger partial charge in [-0.25, -0.2) is 8.78 Å².